The number of benzene rings is 3. The van der Waals surface area contributed by atoms with Gasteiger partial charge in [0.1, 0.15) is 0 Å². The van der Waals surface area contributed by atoms with E-state index in [4.69, 9.17) is 0 Å². The first-order chi connectivity index (χ1) is 17.9. The normalized spacial score (nSPS) is 11.6. The lowest BCUT2D eigenvalue weighted by Gasteiger charge is -2.14. The van der Waals surface area contributed by atoms with E-state index < -0.39 is 26.0 Å². The first kappa shape index (κ1) is 26.8. The molecule has 0 saturated carbocycles. The highest BCUT2D eigenvalue weighted by Crippen LogP contribution is 2.24. The van der Waals surface area contributed by atoms with Gasteiger partial charge in [-0.3, -0.25) is 9.52 Å². The van der Waals surface area contributed by atoms with Gasteiger partial charge < -0.3 is 5.32 Å². The second-order valence-electron chi connectivity index (χ2n) is 8.56. The number of nitrogens with zero attached hydrogens (tertiary/aromatic N) is 2. The second-order valence-corrected chi connectivity index (χ2v) is 11.9. The minimum atomic E-state index is -3.97. The van der Waals surface area contributed by atoms with Crippen LogP contribution in [0.2, 0.25) is 0 Å². The summed E-state index contributed by atoms with van der Waals surface area (Å²) in [7, 11) is -7.90. The summed E-state index contributed by atoms with van der Waals surface area (Å²) < 4.78 is 56.2. The predicted molar refractivity (Wildman–Crippen MR) is 145 cm³/mol. The lowest BCUT2D eigenvalue weighted by Crippen LogP contribution is -2.18. The quantitative estimate of drug-likeness (QED) is 0.296. The van der Waals surface area contributed by atoms with E-state index >= 15 is 0 Å². The zero-order valence-corrected chi connectivity index (χ0v) is 22.4. The van der Waals surface area contributed by atoms with E-state index in [9.17, 15) is 21.6 Å². The Kier molecular flexibility index (Phi) is 7.46. The lowest BCUT2D eigenvalue weighted by molar-refractivity contribution is 0.102. The molecule has 4 aromatic rings. The first-order valence-corrected chi connectivity index (χ1v) is 14.3. The van der Waals surface area contributed by atoms with E-state index in [1.807, 2.05) is 26.0 Å². The molecule has 0 spiro atoms. The molecule has 1 aromatic heterocycles. The average Bonchev–Trinajstić information content (AvgIpc) is 2.86. The molecule has 10 nitrogen and oxygen atoms in total. The van der Waals surface area contributed by atoms with Crippen molar-refractivity contribution in [3.63, 3.8) is 0 Å². The van der Waals surface area contributed by atoms with Crippen LogP contribution in [0.25, 0.3) is 0 Å². The number of nitrogens with one attached hydrogen (secondary N) is 3. The number of amides is 1. The zero-order valence-electron chi connectivity index (χ0n) is 20.8. The van der Waals surface area contributed by atoms with Gasteiger partial charge in [-0.05, 0) is 80.4 Å². The van der Waals surface area contributed by atoms with E-state index in [2.05, 4.69) is 24.7 Å². The van der Waals surface area contributed by atoms with E-state index in [1.165, 1.54) is 48.8 Å². The molecule has 0 atom stereocenters. The fourth-order valence-electron chi connectivity index (χ4n) is 3.61. The van der Waals surface area contributed by atoms with Crippen molar-refractivity contribution in [1.82, 2.24) is 9.97 Å². The summed E-state index contributed by atoms with van der Waals surface area (Å²) in [5.74, 6) is -0.624. The summed E-state index contributed by atoms with van der Waals surface area (Å²) in [6.45, 7) is 5.37. The largest absolute Gasteiger partial charge is 0.322 e. The van der Waals surface area contributed by atoms with Gasteiger partial charge in [0.15, 0.2) is 0 Å². The molecule has 0 aliphatic rings. The topological polar surface area (TPSA) is 147 Å². The molecule has 0 radical (unpaired) electrons. The molecule has 3 aromatic carbocycles. The maximum absolute atomic E-state index is 13.1. The molecule has 1 heterocycles. The summed E-state index contributed by atoms with van der Waals surface area (Å²) in [6, 6.07) is 16.8. The summed E-state index contributed by atoms with van der Waals surface area (Å²) in [5.41, 5.74) is 3.15. The van der Waals surface area contributed by atoms with E-state index in [0.29, 0.717) is 16.9 Å². The Bertz CT molecular complexity index is 1710. The zero-order chi connectivity index (χ0) is 27.5. The van der Waals surface area contributed by atoms with Crippen LogP contribution in [0.1, 0.15) is 27.0 Å². The smallest absolute Gasteiger partial charge is 0.264 e. The highest BCUT2D eigenvalue weighted by Gasteiger charge is 2.21. The van der Waals surface area contributed by atoms with Crippen molar-refractivity contribution in [2.24, 2.45) is 0 Å². The van der Waals surface area contributed by atoms with Gasteiger partial charge in [0.05, 0.1) is 15.5 Å². The number of sulfonamides is 2. The highest BCUT2D eigenvalue weighted by molar-refractivity contribution is 7.93. The maximum Gasteiger partial charge on any atom is 0.264 e. The van der Waals surface area contributed by atoms with Crippen LogP contribution < -0.4 is 14.8 Å². The van der Waals surface area contributed by atoms with Crippen molar-refractivity contribution in [3.8, 4) is 0 Å². The maximum atomic E-state index is 13.1. The van der Waals surface area contributed by atoms with Crippen LogP contribution >= 0.6 is 0 Å². The standard InChI is InChI=1S/C26H25N5O5S2/c1-17-5-12-23(19(3)15-17)30-38(35,36)24-16-20(7-6-18(24)2)25(32)29-21-8-10-22(11-9-21)37(33,34)31-26-27-13-4-14-28-26/h4-16,30H,1-3H3,(H,29,32)(H,27,28,31). The molecular formula is C26H25N5O5S2. The number of hydrogen-bond acceptors (Lipinski definition) is 7. The molecule has 4 rings (SSSR count). The van der Waals surface area contributed by atoms with Gasteiger partial charge in [-0.15, -0.1) is 0 Å². The number of rotatable bonds is 8. The Morgan fingerprint density at radius 2 is 1.42 bits per heavy atom. The highest BCUT2D eigenvalue weighted by atomic mass is 32.2. The van der Waals surface area contributed by atoms with Crippen molar-refractivity contribution in [2.75, 3.05) is 14.8 Å². The third-order valence-corrected chi connectivity index (χ3v) is 8.43. The van der Waals surface area contributed by atoms with Crippen LogP contribution in [0.5, 0.6) is 0 Å². The van der Waals surface area contributed by atoms with Gasteiger partial charge in [-0.2, -0.15) is 0 Å². The van der Waals surface area contributed by atoms with E-state index in [1.54, 1.807) is 25.1 Å². The van der Waals surface area contributed by atoms with Gasteiger partial charge >= 0.3 is 0 Å². The Balaban J connectivity index is 1.51. The molecule has 12 heteroatoms. The lowest BCUT2D eigenvalue weighted by atomic mass is 10.1. The molecular weight excluding hydrogens is 526 g/mol. The molecule has 0 unspecified atom stereocenters. The van der Waals surface area contributed by atoms with Crippen molar-refractivity contribution in [1.29, 1.82) is 0 Å². The monoisotopic (exact) mass is 551 g/mol. The van der Waals surface area contributed by atoms with Gasteiger partial charge in [0, 0.05) is 23.6 Å². The summed E-state index contributed by atoms with van der Waals surface area (Å²) >= 11 is 0. The Morgan fingerprint density at radius 3 is 2.08 bits per heavy atom. The van der Waals surface area contributed by atoms with Gasteiger partial charge in [0.2, 0.25) is 5.95 Å². The van der Waals surface area contributed by atoms with Crippen molar-refractivity contribution >= 4 is 43.3 Å². The van der Waals surface area contributed by atoms with Crippen LogP contribution in [0.15, 0.2) is 88.9 Å². The van der Waals surface area contributed by atoms with Crippen LogP contribution in [0.4, 0.5) is 17.3 Å². The van der Waals surface area contributed by atoms with Crippen molar-refractivity contribution in [2.45, 2.75) is 30.6 Å². The SMILES string of the molecule is Cc1ccc(NS(=O)(=O)c2cc(C(=O)Nc3ccc(S(=O)(=O)Nc4ncccn4)cc3)ccc2C)c(C)c1. The summed E-state index contributed by atoms with van der Waals surface area (Å²) in [4.78, 5) is 20.5. The molecule has 1 amide bonds. The van der Waals surface area contributed by atoms with Crippen LogP contribution in [0, 0.1) is 20.8 Å². The molecule has 0 aliphatic heterocycles. The second kappa shape index (κ2) is 10.6. The molecule has 0 fully saturated rings. The number of hydrogen-bond donors (Lipinski definition) is 3. The Hall–Kier alpha value is -4.29. The Labute approximate surface area is 221 Å². The van der Waals surface area contributed by atoms with E-state index in [0.717, 1.165) is 11.1 Å². The molecule has 38 heavy (non-hydrogen) atoms. The molecule has 3 N–H and O–H groups in total. The minimum absolute atomic E-state index is 0.0271. The van der Waals surface area contributed by atoms with Crippen molar-refractivity contribution < 1.29 is 21.6 Å². The number of carbonyl (C=O) groups excluding carboxylic acids is 1. The van der Waals surface area contributed by atoms with Crippen LogP contribution in [-0.2, 0) is 20.0 Å². The van der Waals surface area contributed by atoms with Crippen LogP contribution in [-0.4, -0.2) is 32.7 Å². The van der Waals surface area contributed by atoms with Crippen LogP contribution in [0.3, 0.4) is 0 Å². The summed E-state index contributed by atoms with van der Waals surface area (Å²) in [6.07, 6.45) is 2.82. The minimum Gasteiger partial charge on any atom is -0.322 e. The first-order valence-electron chi connectivity index (χ1n) is 11.4. The third kappa shape index (κ3) is 6.15. The number of carbonyl (C=O) groups is 1. The summed E-state index contributed by atoms with van der Waals surface area (Å²) in [5, 5.41) is 2.66. The van der Waals surface area contributed by atoms with Gasteiger partial charge in [-0.25, -0.2) is 31.5 Å². The van der Waals surface area contributed by atoms with Gasteiger partial charge in [0.25, 0.3) is 26.0 Å². The third-order valence-electron chi connectivity index (χ3n) is 5.58. The molecule has 0 saturated heterocycles. The number of aryl methyl sites for hydroxylation is 3. The fraction of sp³-hybridized carbons (Fsp3) is 0.115. The Morgan fingerprint density at radius 1 is 0.737 bits per heavy atom. The fourth-order valence-corrected chi connectivity index (χ4v) is 5.97. The number of anilines is 3. The number of aromatic nitrogens is 2. The van der Waals surface area contributed by atoms with E-state index in [-0.39, 0.29) is 21.3 Å². The molecule has 0 aliphatic carbocycles. The molecule has 0 bridgehead atoms. The molecule has 196 valence electrons. The predicted octanol–water partition coefficient (Wildman–Crippen LogP) is 4.26. The van der Waals surface area contributed by atoms with Gasteiger partial charge in [-0.1, -0.05) is 23.8 Å². The average molecular weight is 552 g/mol. The van der Waals surface area contributed by atoms with Crippen molar-refractivity contribution in [3.05, 3.63) is 101 Å².